The Hall–Kier alpha value is -1.74. The van der Waals surface area contributed by atoms with Gasteiger partial charge in [-0.3, -0.25) is 9.59 Å². The minimum absolute atomic E-state index is 0.205. The Bertz CT molecular complexity index is 452. The van der Waals surface area contributed by atoms with Gasteiger partial charge in [-0.1, -0.05) is 25.3 Å². The van der Waals surface area contributed by atoms with Crippen molar-refractivity contribution in [2.24, 2.45) is 5.41 Å². The Morgan fingerprint density at radius 1 is 0.815 bits per heavy atom. The molecule has 2 aliphatic rings. The minimum atomic E-state index is -0.440. The van der Waals surface area contributed by atoms with Crippen LogP contribution in [0.5, 0.6) is 0 Å². The molecule has 152 valence electrons. The Morgan fingerprint density at radius 3 is 1.52 bits per heavy atom. The van der Waals surface area contributed by atoms with Gasteiger partial charge in [0.15, 0.2) is 12.6 Å². The summed E-state index contributed by atoms with van der Waals surface area (Å²) in [6.07, 6.45) is 3.48. The van der Waals surface area contributed by atoms with Crippen LogP contribution in [0.2, 0.25) is 0 Å². The van der Waals surface area contributed by atoms with E-state index in [1.54, 1.807) is 0 Å². The van der Waals surface area contributed by atoms with Crippen LogP contribution in [0.1, 0.15) is 25.7 Å². The van der Waals surface area contributed by atoms with E-state index in [0.29, 0.717) is 39.3 Å². The van der Waals surface area contributed by atoms with Gasteiger partial charge in [-0.2, -0.15) is 0 Å². The van der Waals surface area contributed by atoms with Gasteiger partial charge in [-0.25, -0.2) is 0 Å². The van der Waals surface area contributed by atoms with Crippen molar-refractivity contribution >= 4 is 11.9 Å². The Kier molecular flexibility index (Phi) is 8.93. The first-order valence-electron chi connectivity index (χ1n) is 9.06. The maximum atomic E-state index is 11.5. The Labute approximate surface area is 159 Å². The van der Waals surface area contributed by atoms with Crippen LogP contribution in [0.25, 0.3) is 0 Å². The molecule has 0 atom stereocenters. The predicted molar refractivity (Wildman–Crippen MR) is 94.6 cm³/mol. The second-order valence-electron chi connectivity index (χ2n) is 6.62. The number of hydrogen-bond acceptors (Lipinski definition) is 8. The Balaban J connectivity index is 1.62. The fourth-order valence-electron chi connectivity index (χ4n) is 2.68. The molecule has 0 radical (unpaired) electrons. The lowest BCUT2D eigenvalue weighted by Gasteiger charge is -2.43. The van der Waals surface area contributed by atoms with Crippen LogP contribution >= 0.6 is 0 Å². The highest BCUT2D eigenvalue weighted by Gasteiger charge is 2.42. The topological polar surface area (TPSA) is 89.5 Å². The van der Waals surface area contributed by atoms with E-state index in [0.717, 1.165) is 0 Å². The summed E-state index contributed by atoms with van der Waals surface area (Å²) < 4.78 is 32.7. The number of esters is 2. The van der Waals surface area contributed by atoms with Crippen molar-refractivity contribution in [3.05, 3.63) is 25.3 Å². The molecule has 0 amide bonds. The minimum Gasteiger partial charge on any atom is -0.461 e. The zero-order chi connectivity index (χ0) is 19.5. The molecule has 0 aliphatic carbocycles. The molecule has 2 heterocycles. The average Bonchev–Trinajstić information content (AvgIpc) is 2.70. The van der Waals surface area contributed by atoms with E-state index in [4.69, 9.17) is 28.4 Å². The molecule has 27 heavy (non-hydrogen) atoms. The first-order valence-corrected chi connectivity index (χ1v) is 9.06. The number of ether oxygens (including phenoxy) is 6. The molecule has 0 aromatic rings. The van der Waals surface area contributed by atoms with Crippen LogP contribution in [0.15, 0.2) is 25.3 Å². The van der Waals surface area contributed by atoms with Gasteiger partial charge in [0.2, 0.25) is 0 Å². The van der Waals surface area contributed by atoms with Crippen molar-refractivity contribution in [3.63, 3.8) is 0 Å². The van der Waals surface area contributed by atoms with Crippen molar-refractivity contribution in [2.75, 3.05) is 39.6 Å². The maximum absolute atomic E-state index is 11.5. The average molecular weight is 384 g/mol. The number of carbonyl (C=O) groups is 2. The maximum Gasteiger partial charge on any atom is 0.306 e. The van der Waals surface area contributed by atoms with Gasteiger partial charge in [-0.15, -0.1) is 0 Å². The normalized spacial score (nSPS) is 27.7. The van der Waals surface area contributed by atoms with E-state index >= 15 is 0 Å². The molecule has 8 heteroatoms. The first kappa shape index (κ1) is 21.6. The molecule has 2 aliphatic heterocycles. The summed E-state index contributed by atoms with van der Waals surface area (Å²) in [5.74, 6) is -0.609. The van der Waals surface area contributed by atoms with E-state index < -0.39 is 12.6 Å². The van der Waals surface area contributed by atoms with E-state index in [-0.39, 0.29) is 43.4 Å². The second-order valence-corrected chi connectivity index (χ2v) is 6.62. The molecular formula is C19H28O8. The quantitative estimate of drug-likeness (QED) is 0.416. The number of carbonyl (C=O) groups excluding carboxylic acids is 2. The second kappa shape index (κ2) is 11.2. The first-order chi connectivity index (χ1) is 13.1. The summed E-state index contributed by atoms with van der Waals surface area (Å²) in [7, 11) is 0. The van der Waals surface area contributed by atoms with Crippen LogP contribution in [-0.2, 0) is 38.0 Å². The summed E-state index contributed by atoms with van der Waals surface area (Å²) in [4.78, 5) is 23.0. The fourth-order valence-corrected chi connectivity index (χ4v) is 2.68. The monoisotopic (exact) mass is 384 g/mol. The highest BCUT2D eigenvalue weighted by atomic mass is 16.7. The lowest BCUT2D eigenvalue weighted by molar-refractivity contribution is -0.304. The van der Waals surface area contributed by atoms with Crippen LogP contribution in [-0.4, -0.2) is 64.2 Å². The van der Waals surface area contributed by atoms with Crippen molar-refractivity contribution in [3.8, 4) is 0 Å². The molecule has 0 saturated carbocycles. The summed E-state index contributed by atoms with van der Waals surface area (Å²) in [5.41, 5.74) is -0.361. The molecule has 1 spiro atoms. The molecule has 0 aromatic carbocycles. The summed E-state index contributed by atoms with van der Waals surface area (Å²) in [6, 6.07) is 0. The molecule has 0 aromatic heterocycles. The zero-order valence-electron chi connectivity index (χ0n) is 15.6. The SMILES string of the molecule is C=CCOC(=O)CCC1OCC2(CO1)COC(CCC(=O)OCC=C)OC2. The molecule has 2 rings (SSSR count). The molecular weight excluding hydrogens is 356 g/mol. The summed E-state index contributed by atoms with van der Waals surface area (Å²) in [6.45, 7) is 9.09. The molecule has 8 nitrogen and oxygen atoms in total. The molecule has 2 fully saturated rings. The van der Waals surface area contributed by atoms with Crippen molar-refractivity contribution in [1.82, 2.24) is 0 Å². The fraction of sp³-hybridized carbons (Fsp3) is 0.684. The largest absolute Gasteiger partial charge is 0.461 e. The van der Waals surface area contributed by atoms with Crippen molar-refractivity contribution in [1.29, 1.82) is 0 Å². The van der Waals surface area contributed by atoms with Gasteiger partial charge >= 0.3 is 11.9 Å². The van der Waals surface area contributed by atoms with Gasteiger partial charge in [0.05, 0.1) is 44.7 Å². The lowest BCUT2D eigenvalue weighted by Crippen LogP contribution is -2.52. The molecule has 0 unspecified atom stereocenters. The lowest BCUT2D eigenvalue weighted by atomic mass is 9.90. The van der Waals surface area contributed by atoms with Gasteiger partial charge in [-0.05, 0) is 0 Å². The van der Waals surface area contributed by atoms with Crippen LogP contribution in [0, 0.1) is 5.41 Å². The number of hydrogen-bond donors (Lipinski definition) is 0. The third-order valence-electron chi connectivity index (χ3n) is 4.19. The molecule has 0 bridgehead atoms. The zero-order valence-corrected chi connectivity index (χ0v) is 15.6. The third-order valence-corrected chi connectivity index (χ3v) is 4.19. The highest BCUT2D eigenvalue weighted by molar-refractivity contribution is 5.69. The van der Waals surface area contributed by atoms with Crippen LogP contribution in [0.3, 0.4) is 0 Å². The molecule has 2 saturated heterocycles. The van der Waals surface area contributed by atoms with Crippen molar-refractivity contribution in [2.45, 2.75) is 38.3 Å². The highest BCUT2D eigenvalue weighted by Crippen LogP contribution is 2.32. The third kappa shape index (κ3) is 7.42. The van der Waals surface area contributed by atoms with Gasteiger partial charge in [0.1, 0.15) is 13.2 Å². The van der Waals surface area contributed by atoms with E-state index in [1.807, 2.05) is 0 Å². The predicted octanol–water partition coefficient (Wildman–Crippen LogP) is 1.74. The summed E-state index contributed by atoms with van der Waals surface area (Å²) in [5, 5.41) is 0. The van der Waals surface area contributed by atoms with Gasteiger partial charge in [0, 0.05) is 12.8 Å². The van der Waals surface area contributed by atoms with Crippen LogP contribution in [0.4, 0.5) is 0 Å². The Morgan fingerprint density at radius 2 is 1.19 bits per heavy atom. The van der Waals surface area contributed by atoms with E-state index in [2.05, 4.69) is 13.2 Å². The smallest absolute Gasteiger partial charge is 0.306 e. The van der Waals surface area contributed by atoms with Gasteiger partial charge in [0.25, 0.3) is 0 Å². The van der Waals surface area contributed by atoms with E-state index in [1.165, 1.54) is 12.2 Å². The van der Waals surface area contributed by atoms with Gasteiger partial charge < -0.3 is 28.4 Å². The molecule has 0 N–H and O–H groups in total. The number of rotatable bonds is 10. The standard InChI is InChI=1S/C19H28O8/c1-3-9-22-15(20)5-7-17-24-11-19(12-25-17)13-26-18(27-14-19)8-6-16(21)23-10-4-2/h3-4,17-18H,1-2,5-14H2. The summed E-state index contributed by atoms with van der Waals surface area (Å²) >= 11 is 0. The van der Waals surface area contributed by atoms with Crippen LogP contribution < -0.4 is 0 Å². The van der Waals surface area contributed by atoms with E-state index in [9.17, 15) is 9.59 Å². The van der Waals surface area contributed by atoms with Crippen molar-refractivity contribution < 1.29 is 38.0 Å².